The van der Waals surface area contributed by atoms with Crippen LogP contribution in [0.4, 0.5) is 0 Å². The zero-order valence-corrected chi connectivity index (χ0v) is 15.2. The Balaban J connectivity index is 1.55. The van der Waals surface area contributed by atoms with E-state index in [1.54, 1.807) is 0 Å². The lowest BCUT2D eigenvalue weighted by molar-refractivity contribution is -0.138. The Morgan fingerprint density at radius 3 is 2.56 bits per heavy atom. The van der Waals surface area contributed by atoms with Gasteiger partial charge >= 0.3 is 0 Å². The summed E-state index contributed by atoms with van der Waals surface area (Å²) in [6.45, 7) is 5.59. The van der Waals surface area contributed by atoms with E-state index in [-0.39, 0.29) is 23.7 Å². The number of amides is 2. The van der Waals surface area contributed by atoms with Crippen molar-refractivity contribution < 1.29 is 9.59 Å². The molecule has 6 heteroatoms. The summed E-state index contributed by atoms with van der Waals surface area (Å²) in [6.07, 6.45) is 1.46. The molecule has 0 saturated carbocycles. The average Bonchev–Trinajstić information content (AvgIpc) is 2.95. The predicted octanol–water partition coefficient (Wildman–Crippen LogP) is 2.08. The number of piperidine rings is 1. The lowest BCUT2D eigenvalue weighted by Gasteiger charge is -2.32. The number of benzene rings is 1. The number of hydrogen-bond acceptors (Lipinski definition) is 3. The summed E-state index contributed by atoms with van der Waals surface area (Å²) in [4.78, 5) is 30.9. The number of imidazole rings is 1. The number of hydrogen-bond donors (Lipinski definition) is 1. The van der Waals surface area contributed by atoms with Crippen LogP contribution in [-0.2, 0) is 23.2 Å². The summed E-state index contributed by atoms with van der Waals surface area (Å²) in [6, 6.07) is 7.94. The highest BCUT2D eigenvalue weighted by Gasteiger charge is 2.28. The second-order valence-electron chi connectivity index (χ2n) is 7.05. The van der Waals surface area contributed by atoms with E-state index in [2.05, 4.69) is 10.3 Å². The van der Waals surface area contributed by atoms with Gasteiger partial charge in [-0.2, -0.15) is 0 Å². The Hall–Kier alpha value is -2.37. The molecule has 1 aliphatic rings. The number of rotatable bonds is 4. The van der Waals surface area contributed by atoms with Gasteiger partial charge in [-0.1, -0.05) is 26.0 Å². The van der Waals surface area contributed by atoms with Crippen LogP contribution < -0.4 is 5.32 Å². The molecule has 0 bridgehead atoms. The fourth-order valence-electron chi connectivity index (χ4n) is 3.39. The Bertz CT molecular complexity index is 773. The molecule has 0 radical (unpaired) electrons. The minimum atomic E-state index is -0.0223. The molecule has 3 rings (SSSR count). The largest absolute Gasteiger partial charge is 0.349 e. The number of nitrogens with one attached hydrogen (secondary N) is 1. The van der Waals surface area contributed by atoms with E-state index in [4.69, 9.17) is 0 Å². The molecule has 0 unspecified atom stereocenters. The van der Waals surface area contributed by atoms with E-state index >= 15 is 0 Å². The van der Waals surface area contributed by atoms with Crippen molar-refractivity contribution in [1.82, 2.24) is 19.8 Å². The van der Waals surface area contributed by atoms with E-state index < -0.39 is 0 Å². The smallest absolute Gasteiger partial charge is 0.225 e. The normalized spacial score (nSPS) is 15.8. The third kappa shape index (κ3) is 3.67. The first kappa shape index (κ1) is 17.5. The summed E-state index contributed by atoms with van der Waals surface area (Å²) in [5.74, 6) is 1.08. The van der Waals surface area contributed by atoms with Crippen LogP contribution >= 0.6 is 0 Å². The molecule has 6 nitrogen and oxygen atoms in total. The lowest BCUT2D eigenvalue weighted by Crippen LogP contribution is -2.44. The SMILES string of the molecule is CC(C)C(=O)N1CCC(C(=O)NCc2nc3ccccc3n2C)CC1. The highest BCUT2D eigenvalue weighted by Crippen LogP contribution is 2.19. The molecule has 1 aromatic carbocycles. The van der Waals surface area contributed by atoms with Crippen LogP contribution in [0.2, 0.25) is 0 Å². The molecular weight excluding hydrogens is 316 g/mol. The van der Waals surface area contributed by atoms with Crippen molar-refractivity contribution in [1.29, 1.82) is 0 Å². The quantitative estimate of drug-likeness (QED) is 0.925. The molecule has 0 spiro atoms. The maximum Gasteiger partial charge on any atom is 0.225 e. The van der Waals surface area contributed by atoms with E-state index in [0.29, 0.717) is 19.6 Å². The molecule has 0 atom stereocenters. The summed E-state index contributed by atoms with van der Waals surface area (Å²) in [7, 11) is 1.97. The Morgan fingerprint density at radius 2 is 1.92 bits per heavy atom. The standard InChI is InChI=1S/C19H26N4O2/c1-13(2)19(25)23-10-8-14(9-11-23)18(24)20-12-17-21-15-6-4-5-7-16(15)22(17)3/h4-7,13-14H,8-12H2,1-3H3,(H,20,24). The average molecular weight is 342 g/mol. The number of aryl methyl sites for hydroxylation is 1. The molecule has 2 aromatic rings. The maximum absolute atomic E-state index is 12.5. The summed E-state index contributed by atoms with van der Waals surface area (Å²) in [5, 5.41) is 3.01. The minimum Gasteiger partial charge on any atom is -0.349 e. The molecule has 2 amide bonds. The van der Waals surface area contributed by atoms with Crippen LogP contribution in [0.15, 0.2) is 24.3 Å². The molecule has 1 N–H and O–H groups in total. The lowest BCUT2D eigenvalue weighted by atomic mass is 9.95. The van der Waals surface area contributed by atoms with Crippen molar-refractivity contribution in [2.75, 3.05) is 13.1 Å². The molecule has 1 fully saturated rings. The number of carbonyl (C=O) groups excluding carboxylic acids is 2. The Labute approximate surface area is 148 Å². The fraction of sp³-hybridized carbons (Fsp3) is 0.526. The second kappa shape index (κ2) is 7.25. The van der Waals surface area contributed by atoms with Gasteiger partial charge in [0.1, 0.15) is 5.82 Å². The van der Waals surface area contributed by atoms with Crippen LogP contribution in [0, 0.1) is 11.8 Å². The Morgan fingerprint density at radius 1 is 1.24 bits per heavy atom. The molecule has 134 valence electrons. The van der Waals surface area contributed by atoms with Crippen LogP contribution in [0.3, 0.4) is 0 Å². The van der Waals surface area contributed by atoms with Gasteiger partial charge in [0.25, 0.3) is 0 Å². The first-order valence-corrected chi connectivity index (χ1v) is 8.94. The van der Waals surface area contributed by atoms with Gasteiger partial charge < -0.3 is 14.8 Å². The zero-order chi connectivity index (χ0) is 18.0. The van der Waals surface area contributed by atoms with Gasteiger partial charge in [0, 0.05) is 32.0 Å². The van der Waals surface area contributed by atoms with Gasteiger partial charge in [0.15, 0.2) is 0 Å². The zero-order valence-electron chi connectivity index (χ0n) is 15.2. The van der Waals surface area contributed by atoms with Gasteiger partial charge in [0.05, 0.1) is 17.6 Å². The van der Waals surface area contributed by atoms with Crippen LogP contribution in [-0.4, -0.2) is 39.4 Å². The van der Waals surface area contributed by atoms with Gasteiger partial charge in [-0.25, -0.2) is 4.98 Å². The number of aromatic nitrogens is 2. The van der Waals surface area contributed by atoms with Crippen molar-refractivity contribution >= 4 is 22.8 Å². The molecular formula is C19H26N4O2. The van der Waals surface area contributed by atoms with Crippen LogP contribution in [0.1, 0.15) is 32.5 Å². The van der Waals surface area contributed by atoms with Crippen molar-refractivity contribution in [3.8, 4) is 0 Å². The van der Waals surface area contributed by atoms with Crippen LogP contribution in [0.25, 0.3) is 11.0 Å². The monoisotopic (exact) mass is 342 g/mol. The summed E-state index contributed by atoms with van der Waals surface area (Å²) < 4.78 is 2.01. The maximum atomic E-state index is 12.5. The third-order valence-electron chi connectivity index (χ3n) is 4.97. The van der Waals surface area contributed by atoms with E-state index in [0.717, 1.165) is 29.7 Å². The molecule has 1 aromatic heterocycles. The van der Waals surface area contributed by atoms with Crippen molar-refractivity contribution in [3.63, 3.8) is 0 Å². The Kier molecular flexibility index (Phi) is 5.06. The highest BCUT2D eigenvalue weighted by atomic mass is 16.2. The van der Waals surface area contributed by atoms with E-state index in [1.165, 1.54) is 0 Å². The van der Waals surface area contributed by atoms with Crippen molar-refractivity contribution in [3.05, 3.63) is 30.1 Å². The molecule has 2 heterocycles. The van der Waals surface area contributed by atoms with Crippen molar-refractivity contribution in [2.24, 2.45) is 18.9 Å². The van der Waals surface area contributed by atoms with Gasteiger partial charge in [-0.15, -0.1) is 0 Å². The third-order valence-corrected chi connectivity index (χ3v) is 4.97. The highest BCUT2D eigenvalue weighted by molar-refractivity contribution is 5.81. The summed E-state index contributed by atoms with van der Waals surface area (Å²) in [5.41, 5.74) is 2.00. The number of fused-ring (bicyclic) bond motifs is 1. The molecule has 1 saturated heterocycles. The molecule has 0 aliphatic carbocycles. The topological polar surface area (TPSA) is 67.2 Å². The minimum absolute atomic E-state index is 0.0166. The van der Waals surface area contributed by atoms with E-state index in [9.17, 15) is 9.59 Å². The van der Waals surface area contributed by atoms with E-state index in [1.807, 2.05) is 54.6 Å². The first-order valence-electron chi connectivity index (χ1n) is 8.94. The summed E-state index contributed by atoms with van der Waals surface area (Å²) >= 11 is 0. The first-order chi connectivity index (χ1) is 12.0. The van der Waals surface area contributed by atoms with Gasteiger partial charge in [0.2, 0.25) is 11.8 Å². The predicted molar refractivity (Wildman–Crippen MR) is 96.7 cm³/mol. The van der Waals surface area contributed by atoms with Crippen molar-refractivity contribution in [2.45, 2.75) is 33.2 Å². The molecule has 1 aliphatic heterocycles. The van der Waals surface area contributed by atoms with Gasteiger partial charge in [-0.05, 0) is 25.0 Å². The molecule has 25 heavy (non-hydrogen) atoms. The number of likely N-dealkylation sites (tertiary alicyclic amines) is 1. The number of para-hydroxylation sites is 2. The number of nitrogens with zero attached hydrogens (tertiary/aromatic N) is 3. The fourth-order valence-corrected chi connectivity index (χ4v) is 3.39. The van der Waals surface area contributed by atoms with Gasteiger partial charge in [-0.3, -0.25) is 9.59 Å². The second-order valence-corrected chi connectivity index (χ2v) is 7.05. The number of carbonyl (C=O) groups is 2. The van der Waals surface area contributed by atoms with Crippen LogP contribution in [0.5, 0.6) is 0 Å².